The zero-order valence-corrected chi connectivity index (χ0v) is 27.2. The smallest absolute Gasteiger partial charge is 0.0468 e. The summed E-state index contributed by atoms with van der Waals surface area (Å²) in [7, 11) is 0. The number of benzene rings is 8. The van der Waals surface area contributed by atoms with Gasteiger partial charge in [0.1, 0.15) is 0 Å². The maximum absolute atomic E-state index is 2.42. The van der Waals surface area contributed by atoms with Crippen LogP contribution in [-0.2, 0) is 5.41 Å². The molecule has 1 nitrogen and oxygen atoms in total. The predicted molar refractivity (Wildman–Crippen MR) is 205 cm³/mol. The van der Waals surface area contributed by atoms with Crippen molar-refractivity contribution in [2.24, 2.45) is 0 Å². The van der Waals surface area contributed by atoms with Gasteiger partial charge in [0.05, 0.1) is 0 Å². The largest absolute Gasteiger partial charge is 0.310 e. The van der Waals surface area contributed by atoms with Crippen LogP contribution >= 0.6 is 0 Å². The number of para-hydroxylation sites is 1. The summed E-state index contributed by atoms with van der Waals surface area (Å²) >= 11 is 0. The first-order chi connectivity index (χ1) is 23.5. The fourth-order valence-corrected chi connectivity index (χ4v) is 7.62. The monoisotopic (exact) mass is 613 g/mol. The Morgan fingerprint density at radius 3 is 1.58 bits per heavy atom. The molecule has 0 atom stereocenters. The summed E-state index contributed by atoms with van der Waals surface area (Å²) in [6.45, 7) is 4.75. The van der Waals surface area contributed by atoms with Crippen molar-refractivity contribution < 1.29 is 0 Å². The average molecular weight is 614 g/mol. The molecule has 8 aromatic rings. The Bertz CT molecular complexity index is 2470. The molecule has 0 spiro atoms. The lowest BCUT2D eigenvalue weighted by atomic mass is 9.81. The molecule has 9 rings (SSSR count). The predicted octanol–water partition coefficient (Wildman–Crippen LogP) is 13.1. The Balaban J connectivity index is 1.12. The Kier molecular flexibility index (Phi) is 6.55. The summed E-state index contributed by atoms with van der Waals surface area (Å²) in [4.78, 5) is 2.39. The average Bonchev–Trinajstić information content (AvgIpc) is 3.37. The fraction of sp³-hybridized carbons (Fsp3) is 0.0638. The van der Waals surface area contributed by atoms with E-state index in [-0.39, 0.29) is 5.41 Å². The van der Waals surface area contributed by atoms with Crippen LogP contribution in [-0.4, -0.2) is 0 Å². The summed E-state index contributed by atoms with van der Waals surface area (Å²) in [5.41, 5.74) is 13.7. The van der Waals surface area contributed by atoms with Crippen molar-refractivity contribution in [2.45, 2.75) is 19.3 Å². The van der Waals surface area contributed by atoms with Crippen LogP contribution in [0.4, 0.5) is 17.1 Å². The first kappa shape index (κ1) is 28.3. The van der Waals surface area contributed by atoms with E-state index in [2.05, 4.69) is 195 Å². The molecule has 0 N–H and O–H groups in total. The number of nitrogens with zero attached hydrogens (tertiary/aromatic N) is 1. The van der Waals surface area contributed by atoms with Gasteiger partial charge >= 0.3 is 0 Å². The SMILES string of the molecule is CC1(C)c2cc(-c3ccc4ccccc4c3)ccc2-c2ccc(N(c3ccccc3)c3ccc4cc(-c5ccccc5)ccc4c3)cc21. The van der Waals surface area contributed by atoms with Crippen molar-refractivity contribution in [3.05, 3.63) is 187 Å². The molecule has 48 heavy (non-hydrogen) atoms. The summed E-state index contributed by atoms with van der Waals surface area (Å²) < 4.78 is 0. The topological polar surface area (TPSA) is 3.24 Å². The molecule has 0 radical (unpaired) electrons. The van der Waals surface area contributed by atoms with E-state index in [0.29, 0.717) is 0 Å². The Morgan fingerprint density at radius 1 is 0.333 bits per heavy atom. The summed E-state index contributed by atoms with van der Waals surface area (Å²) in [6, 6.07) is 64.4. The highest BCUT2D eigenvalue weighted by molar-refractivity contribution is 5.94. The van der Waals surface area contributed by atoms with E-state index in [9.17, 15) is 0 Å². The zero-order valence-electron chi connectivity index (χ0n) is 27.2. The lowest BCUT2D eigenvalue weighted by Crippen LogP contribution is -2.16. The van der Waals surface area contributed by atoms with Gasteiger partial charge in [-0.1, -0.05) is 135 Å². The highest BCUT2D eigenvalue weighted by atomic mass is 15.1. The molecule has 0 saturated heterocycles. The van der Waals surface area contributed by atoms with Crippen molar-refractivity contribution in [1.29, 1.82) is 0 Å². The van der Waals surface area contributed by atoms with E-state index >= 15 is 0 Å². The lowest BCUT2D eigenvalue weighted by molar-refractivity contribution is 0.660. The minimum Gasteiger partial charge on any atom is -0.310 e. The van der Waals surface area contributed by atoms with Gasteiger partial charge in [0.15, 0.2) is 0 Å². The van der Waals surface area contributed by atoms with Crippen molar-refractivity contribution in [2.75, 3.05) is 4.90 Å². The third-order valence-corrected chi connectivity index (χ3v) is 10.2. The first-order valence-electron chi connectivity index (χ1n) is 16.8. The summed E-state index contributed by atoms with van der Waals surface area (Å²) in [5.74, 6) is 0. The normalized spacial score (nSPS) is 13.0. The third-order valence-electron chi connectivity index (χ3n) is 10.2. The van der Waals surface area contributed by atoms with E-state index < -0.39 is 0 Å². The highest BCUT2D eigenvalue weighted by Gasteiger charge is 2.36. The second kappa shape index (κ2) is 11.1. The number of hydrogen-bond acceptors (Lipinski definition) is 1. The van der Waals surface area contributed by atoms with Crippen molar-refractivity contribution in [3.63, 3.8) is 0 Å². The van der Waals surface area contributed by atoms with Gasteiger partial charge < -0.3 is 4.90 Å². The maximum Gasteiger partial charge on any atom is 0.0468 e. The molecular weight excluding hydrogens is 579 g/mol. The highest BCUT2D eigenvalue weighted by Crippen LogP contribution is 2.51. The summed E-state index contributed by atoms with van der Waals surface area (Å²) in [5, 5.41) is 5.01. The van der Waals surface area contributed by atoms with Crippen LogP contribution in [0.1, 0.15) is 25.0 Å². The molecule has 1 aliphatic carbocycles. The van der Waals surface area contributed by atoms with Crippen molar-refractivity contribution >= 4 is 38.6 Å². The standard InChI is InChI=1S/C47H35N/c1-47(2)45-30-39(36-18-17-33-13-9-10-14-34(33)27-36)22-25-43(45)44-26-24-42(31-46(44)47)48(40-15-7-4-8-16-40)41-23-21-37-28-35(19-20-38(37)29-41)32-11-5-3-6-12-32/h3-31H,1-2H3. The van der Waals surface area contributed by atoms with Crippen molar-refractivity contribution in [1.82, 2.24) is 0 Å². The van der Waals surface area contributed by atoms with Gasteiger partial charge in [-0.15, -0.1) is 0 Å². The summed E-state index contributed by atoms with van der Waals surface area (Å²) in [6.07, 6.45) is 0. The quantitative estimate of drug-likeness (QED) is 0.187. The third kappa shape index (κ3) is 4.70. The number of anilines is 3. The molecule has 0 bridgehead atoms. The number of rotatable bonds is 5. The molecule has 0 fully saturated rings. The molecule has 0 aliphatic heterocycles. The number of hydrogen-bond donors (Lipinski definition) is 0. The van der Waals surface area contributed by atoms with Gasteiger partial charge in [-0.2, -0.15) is 0 Å². The Hall–Kier alpha value is -5.92. The zero-order chi connectivity index (χ0) is 32.2. The minimum absolute atomic E-state index is 0.146. The fourth-order valence-electron chi connectivity index (χ4n) is 7.62. The van der Waals surface area contributed by atoms with Crippen LogP contribution in [0.5, 0.6) is 0 Å². The van der Waals surface area contributed by atoms with Gasteiger partial charge in [0, 0.05) is 22.5 Å². The van der Waals surface area contributed by atoms with E-state index in [1.807, 2.05) is 0 Å². The molecule has 0 amide bonds. The van der Waals surface area contributed by atoms with Gasteiger partial charge in [0.2, 0.25) is 0 Å². The first-order valence-corrected chi connectivity index (χ1v) is 16.8. The second-order valence-electron chi connectivity index (χ2n) is 13.5. The van der Waals surface area contributed by atoms with E-state index in [4.69, 9.17) is 0 Å². The Labute approximate surface area is 282 Å². The van der Waals surface area contributed by atoms with Crippen LogP contribution in [0.3, 0.4) is 0 Å². The molecule has 0 saturated carbocycles. The van der Waals surface area contributed by atoms with Gasteiger partial charge in [0.25, 0.3) is 0 Å². The van der Waals surface area contributed by atoms with Crippen LogP contribution in [0, 0.1) is 0 Å². The van der Waals surface area contributed by atoms with Crippen LogP contribution in [0.15, 0.2) is 176 Å². The molecule has 1 heteroatoms. The maximum atomic E-state index is 2.42. The van der Waals surface area contributed by atoms with Crippen LogP contribution < -0.4 is 4.90 Å². The molecule has 8 aromatic carbocycles. The lowest BCUT2D eigenvalue weighted by Gasteiger charge is -2.28. The van der Waals surface area contributed by atoms with Crippen LogP contribution in [0.25, 0.3) is 54.9 Å². The second-order valence-corrected chi connectivity index (χ2v) is 13.5. The van der Waals surface area contributed by atoms with Gasteiger partial charge in [-0.25, -0.2) is 0 Å². The van der Waals surface area contributed by atoms with E-state index in [1.54, 1.807) is 0 Å². The molecule has 0 unspecified atom stereocenters. The molecular formula is C47H35N. The van der Waals surface area contributed by atoms with E-state index in [1.165, 1.54) is 66.1 Å². The molecule has 1 aliphatic rings. The molecule has 228 valence electrons. The molecule has 0 heterocycles. The number of fused-ring (bicyclic) bond motifs is 5. The van der Waals surface area contributed by atoms with Gasteiger partial charge in [-0.05, 0) is 121 Å². The van der Waals surface area contributed by atoms with Crippen LogP contribution in [0.2, 0.25) is 0 Å². The van der Waals surface area contributed by atoms with Gasteiger partial charge in [-0.3, -0.25) is 0 Å². The van der Waals surface area contributed by atoms with E-state index in [0.717, 1.165) is 17.1 Å². The Morgan fingerprint density at radius 2 is 0.812 bits per heavy atom. The molecule has 0 aromatic heterocycles. The van der Waals surface area contributed by atoms with Crippen molar-refractivity contribution in [3.8, 4) is 33.4 Å². The minimum atomic E-state index is -0.146.